The summed E-state index contributed by atoms with van der Waals surface area (Å²) in [6, 6.07) is 12.5. The molecule has 5 rings (SSSR count). The number of ketones is 1. The number of rotatable bonds is 4. The van der Waals surface area contributed by atoms with Gasteiger partial charge in [0.1, 0.15) is 24.8 Å². The zero-order valence-corrected chi connectivity index (χ0v) is 17.7. The Labute approximate surface area is 192 Å². The third kappa shape index (κ3) is 3.85. The van der Waals surface area contributed by atoms with Gasteiger partial charge in [-0.3, -0.25) is 9.59 Å². The molecule has 1 aliphatic heterocycles. The van der Waals surface area contributed by atoms with E-state index < -0.39 is 29.2 Å². The number of hydrogen-bond donors (Lipinski definition) is 2. The van der Waals surface area contributed by atoms with Crippen LogP contribution in [-0.2, 0) is 11.2 Å². The van der Waals surface area contributed by atoms with Crippen molar-refractivity contribution in [2.45, 2.75) is 12.3 Å². The lowest BCUT2D eigenvalue weighted by atomic mass is 9.91. The second kappa shape index (κ2) is 8.58. The molecule has 7 nitrogen and oxygen atoms in total. The van der Waals surface area contributed by atoms with Gasteiger partial charge in [-0.25, -0.2) is 8.78 Å². The summed E-state index contributed by atoms with van der Waals surface area (Å²) >= 11 is 0. The molecule has 0 saturated carbocycles. The first-order valence-electron chi connectivity index (χ1n) is 10.5. The molecular formula is C25H18F2N2O5. The van der Waals surface area contributed by atoms with Crippen molar-refractivity contribution in [1.82, 2.24) is 0 Å². The second-order valence-corrected chi connectivity index (χ2v) is 7.93. The Hall–Kier alpha value is -4.27. The Morgan fingerprint density at radius 1 is 1.06 bits per heavy atom. The fourth-order valence-corrected chi connectivity index (χ4v) is 4.28. The van der Waals surface area contributed by atoms with E-state index in [1.165, 1.54) is 48.5 Å². The molecule has 172 valence electrons. The number of nitrogens with one attached hydrogen (secondary N) is 1. The highest BCUT2D eigenvalue weighted by atomic mass is 19.1. The third-order valence-electron chi connectivity index (χ3n) is 5.78. The van der Waals surface area contributed by atoms with Crippen LogP contribution in [0.4, 0.5) is 14.5 Å². The zero-order valence-electron chi connectivity index (χ0n) is 17.7. The maximum absolute atomic E-state index is 14.2. The largest absolute Gasteiger partial charge is 0.486 e. The Balaban J connectivity index is 1.50. The lowest BCUT2D eigenvalue weighted by Crippen LogP contribution is -2.19. The summed E-state index contributed by atoms with van der Waals surface area (Å²) in [5.74, 6) is -2.22. The maximum atomic E-state index is 14.2. The first-order chi connectivity index (χ1) is 16.4. The Morgan fingerprint density at radius 2 is 1.88 bits per heavy atom. The quantitative estimate of drug-likeness (QED) is 0.448. The van der Waals surface area contributed by atoms with Gasteiger partial charge in [-0.15, -0.1) is 0 Å². The van der Waals surface area contributed by atoms with Gasteiger partial charge < -0.3 is 20.0 Å². The molecule has 9 heteroatoms. The van der Waals surface area contributed by atoms with E-state index in [9.17, 15) is 23.6 Å². The van der Waals surface area contributed by atoms with Crippen LogP contribution in [0.15, 0.2) is 59.8 Å². The number of carbonyl (C=O) groups excluding carboxylic acids is 2. The van der Waals surface area contributed by atoms with Gasteiger partial charge in [-0.2, -0.15) is 0 Å². The molecule has 2 aliphatic rings. The van der Waals surface area contributed by atoms with Crippen LogP contribution in [0.1, 0.15) is 33.0 Å². The predicted octanol–water partition coefficient (Wildman–Crippen LogP) is 4.08. The van der Waals surface area contributed by atoms with E-state index >= 15 is 0 Å². The first-order valence-corrected chi connectivity index (χ1v) is 10.5. The monoisotopic (exact) mass is 464 g/mol. The summed E-state index contributed by atoms with van der Waals surface area (Å²) < 4.78 is 38.8. The van der Waals surface area contributed by atoms with Crippen LogP contribution in [0.2, 0.25) is 0 Å². The smallest absolute Gasteiger partial charge is 0.255 e. The van der Waals surface area contributed by atoms with Crippen LogP contribution < -0.4 is 14.8 Å². The Kier molecular flexibility index (Phi) is 5.45. The number of halogens is 2. The molecule has 0 bridgehead atoms. The molecule has 0 saturated heterocycles. The van der Waals surface area contributed by atoms with Crippen LogP contribution >= 0.6 is 0 Å². The van der Waals surface area contributed by atoms with E-state index in [1.54, 1.807) is 6.07 Å². The van der Waals surface area contributed by atoms with Gasteiger partial charge in [0.25, 0.3) is 5.91 Å². The minimum absolute atomic E-state index is 0.0449. The van der Waals surface area contributed by atoms with Crippen molar-refractivity contribution in [2.24, 2.45) is 5.16 Å². The summed E-state index contributed by atoms with van der Waals surface area (Å²) in [5.41, 5.74) is 1.62. The lowest BCUT2D eigenvalue weighted by molar-refractivity contribution is -0.113. The van der Waals surface area contributed by atoms with E-state index in [0.29, 0.717) is 22.4 Å². The van der Waals surface area contributed by atoms with Gasteiger partial charge in [0, 0.05) is 28.4 Å². The zero-order chi connectivity index (χ0) is 23.8. The molecule has 3 aromatic rings. The van der Waals surface area contributed by atoms with Crippen LogP contribution in [0, 0.1) is 11.6 Å². The van der Waals surface area contributed by atoms with Crippen LogP contribution in [0.3, 0.4) is 0 Å². The van der Waals surface area contributed by atoms with Gasteiger partial charge in [-0.05, 0) is 48.4 Å². The number of benzene rings is 3. The number of anilines is 1. The van der Waals surface area contributed by atoms with Gasteiger partial charge in [0.15, 0.2) is 23.0 Å². The molecule has 1 unspecified atom stereocenters. The number of fused-ring (bicyclic) bond motifs is 2. The highest BCUT2D eigenvalue weighted by Crippen LogP contribution is 2.40. The van der Waals surface area contributed by atoms with Crippen molar-refractivity contribution < 1.29 is 33.1 Å². The van der Waals surface area contributed by atoms with E-state index in [-0.39, 0.29) is 42.3 Å². The number of hydrogen-bond acceptors (Lipinski definition) is 6. The van der Waals surface area contributed by atoms with Gasteiger partial charge >= 0.3 is 0 Å². The SMILES string of the molecule is O=C(Nc1cccc(F)c1)c1ccc2c(c1)C(Cc1cc(F)cc3c1OCCO3)C(=O)/C2=N\O. The summed E-state index contributed by atoms with van der Waals surface area (Å²) in [4.78, 5) is 25.8. The van der Waals surface area contributed by atoms with Crippen molar-refractivity contribution in [3.05, 3.63) is 88.5 Å². The van der Waals surface area contributed by atoms with Gasteiger partial charge in [0.05, 0.1) is 5.92 Å². The third-order valence-corrected chi connectivity index (χ3v) is 5.78. The standard InChI is InChI=1S/C25H18F2N2O5/c26-15-2-1-3-17(11-15)28-25(31)13-4-5-18-19(9-13)20(23(30)22(18)29-32)10-14-8-16(27)12-21-24(14)34-7-6-33-21/h1-5,8-9,11-12,20,32H,6-7,10H2,(H,28,31)/b29-22-. The van der Waals surface area contributed by atoms with E-state index in [4.69, 9.17) is 9.47 Å². The minimum atomic E-state index is -0.834. The summed E-state index contributed by atoms with van der Waals surface area (Å²) in [7, 11) is 0. The molecule has 1 heterocycles. The molecule has 1 aliphatic carbocycles. The average molecular weight is 464 g/mol. The molecule has 2 N–H and O–H groups in total. The van der Waals surface area contributed by atoms with Crippen molar-refractivity contribution in [2.75, 3.05) is 18.5 Å². The topological polar surface area (TPSA) is 97.2 Å². The fourth-order valence-electron chi connectivity index (χ4n) is 4.28. The molecule has 1 atom stereocenters. The fraction of sp³-hybridized carbons (Fsp3) is 0.160. The molecular weight excluding hydrogens is 446 g/mol. The number of ether oxygens (including phenoxy) is 2. The second-order valence-electron chi connectivity index (χ2n) is 7.93. The van der Waals surface area contributed by atoms with E-state index in [0.717, 1.165) is 0 Å². The summed E-state index contributed by atoms with van der Waals surface area (Å²) in [5, 5.41) is 15.2. The van der Waals surface area contributed by atoms with E-state index in [1.807, 2.05) is 0 Å². The first kappa shape index (κ1) is 21.6. The minimum Gasteiger partial charge on any atom is -0.486 e. The molecule has 1 amide bonds. The number of carbonyl (C=O) groups is 2. The average Bonchev–Trinajstić information content (AvgIpc) is 3.08. The molecule has 0 radical (unpaired) electrons. The maximum Gasteiger partial charge on any atom is 0.255 e. The van der Waals surface area contributed by atoms with Crippen molar-refractivity contribution in [3.63, 3.8) is 0 Å². The number of oxime groups is 1. The molecule has 0 spiro atoms. The van der Waals surface area contributed by atoms with Crippen LogP contribution in [0.25, 0.3) is 0 Å². The van der Waals surface area contributed by atoms with E-state index in [2.05, 4.69) is 10.5 Å². The molecule has 34 heavy (non-hydrogen) atoms. The van der Waals surface area contributed by atoms with Crippen molar-refractivity contribution in [1.29, 1.82) is 0 Å². The molecule has 3 aromatic carbocycles. The summed E-state index contributed by atoms with van der Waals surface area (Å²) in [6.45, 7) is 0.570. The predicted molar refractivity (Wildman–Crippen MR) is 118 cm³/mol. The number of nitrogens with zero attached hydrogens (tertiary/aromatic N) is 1. The molecule has 0 aromatic heterocycles. The lowest BCUT2D eigenvalue weighted by Gasteiger charge is -2.22. The van der Waals surface area contributed by atoms with Gasteiger partial charge in [-0.1, -0.05) is 17.3 Å². The van der Waals surface area contributed by atoms with Crippen molar-refractivity contribution in [3.8, 4) is 11.5 Å². The summed E-state index contributed by atoms with van der Waals surface area (Å²) in [6.07, 6.45) is 0.0449. The Morgan fingerprint density at radius 3 is 2.68 bits per heavy atom. The normalized spacial score (nSPS) is 17.5. The van der Waals surface area contributed by atoms with Gasteiger partial charge in [0.2, 0.25) is 0 Å². The van der Waals surface area contributed by atoms with Crippen LogP contribution in [-0.4, -0.2) is 35.8 Å². The number of Topliss-reactive ketones (excluding diaryl/α,β-unsaturated/α-hetero) is 1. The highest BCUT2D eigenvalue weighted by Gasteiger charge is 2.38. The Bertz CT molecular complexity index is 1360. The molecule has 0 fully saturated rings. The van der Waals surface area contributed by atoms with Crippen LogP contribution in [0.5, 0.6) is 11.5 Å². The highest BCUT2D eigenvalue weighted by molar-refractivity contribution is 6.51. The number of amides is 1. The van der Waals surface area contributed by atoms with Crippen molar-refractivity contribution >= 4 is 23.1 Å².